The van der Waals surface area contributed by atoms with Gasteiger partial charge in [0.1, 0.15) is 4.90 Å². The zero-order valence-corrected chi connectivity index (χ0v) is 6.34. The summed E-state index contributed by atoms with van der Waals surface area (Å²) in [5.41, 5.74) is 5.41. The van der Waals surface area contributed by atoms with E-state index in [1.807, 2.05) is 0 Å². The molecule has 1 aromatic carbocycles. The van der Waals surface area contributed by atoms with Crippen molar-refractivity contribution in [3.63, 3.8) is 0 Å². The van der Waals surface area contributed by atoms with Crippen LogP contribution in [0, 0.1) is 0 Å². The van der Waals surface area contributed by atoms with Crippen molar-refractivity contribution in [3.8, 4) is 0 Å². The van der Waals surface area contributed by atoms with Crippen molar-refractivity contribution in [2.45, 2.75) is 4.90 Å². The van der Waals surface area contributed by atoms with E-state index >= 15 is 0 Å². The molecule has 0 aliphatic rings. The van der Waals surface area contributed by atoms with E-state index in [9.17, 15) is 8.42 Å². The van der Waals surface area contributed by atoms with Crippen LogP contribution >= 0.6 is 0 Å². The number of hydrogen-bond acceptors (Lipinski definition) is 4. The van der Waals surface area contributed by atoms with Crippen LogP contribution in [0.4, 0.5) is 5.69 Å². The Balaban J connectivity index is 3.30. The van der Waals surface area contributed by atoms with E-state index in [2.05, 4.69) is 4.56 Å². The van der Waals surface area contributed by atoms with Crippen LogP contribution < -0.4 is 5.73 Å². The Morgan fingerprint density at radius 2 is 2.09 bits per heavy atom. The van der Waals surface area contributed by atoms with Crippen molar-refractivity contribution in [1.82, 2.24) is 0 Å². The minimum atomic E-state index is -3.99. The average molecular weight is 174 g/mol. The second kappa shape index (κ2) is 2.52. The fraction of sp³-hybridized carbons (Fsp3) is 0. The van der Waals surface area contributed by atoms with Gasteiger partial charge in [0, 0.05) is 0 Å². The molecule has 0 bridgehead atoms. The Bertz CT molecular complexity index is 376. The fourth-order valence-corrected chi connectivity index (χ4v) is 1.31. The molecular formula is C6H7NO3S. The van der Waals surface area contributed by atoms with Gasteiger partial charge in [0.05, 0.1) is 5.69 Å². The molecule has 0 fully saturated rings. The Hall–Kier alpha value is -1.07. The van der Waals surface area contributed by atoms with Gasteiger partial charge < -0.3 is 5.73 Å². The Kier molecular flexibility index (Phi) is 1.52. The number of nitrogen functional groups attached to an aromatic ring is 1. The van der Waals surface area contributed by atoms with E-state index in [-0.39, 0.29) is 10.6 Å². The van der Waals surface area contributed by atoms with Gasteiger partial charge in [0.25, 0.3) is 10.1 Å². The second-order valence-electron chi connectivity index (χ2n) is 1.99. The summed E-state index contributed by atoms with van der Waals surface area (Å²) in [4.78, 5) is -0.181. The summed E-state index contributed by atoms with van der Waals surface area (Å²) >= 11 is 0. The monoisotopic (exact) mass is 174 g/mol. The largest absolute Gasteiger partial charge is 0.398 e. The van der Waals surface area contributed by atoms with Crippen molar-refractivity contribution in [3.05, 3.63) is 24.3 Å². The lowest BCUT2D eigenvalue weighted by Crippen LogP contribution is -2.01. The predicted molar refractivity (Wildman–Crippen MR) is 40.7 cm³/mol. The first kappa shape index (κ1) is 6.63. The first-order valence-electron chi connectivity index (χ1n) is 3.23. The third-order valence-corrected chi connectivity index (χ3v) is 2.10. The molecule has 0 aromatic heterocycles. The van der Waals surface area contributed by atoms with Crippen LogP contribution in [0.25, 0.3) is 1.43 Å². The van der Waals surface area contributed by atoms with Crippen molar-refractivity contribution < 1.29 is 13.0 Å². The van der Waals surface area contributed by atoms with Gasteiger partial charge in [0.15, 0.2) is 0 Å². The van der Waals surface area contributed by atoms with Crippen LogP contribution in [0.15, 0.2) is 29.2 Å². The van der Waals surface area contributed by atoms with Gasteiger partial charge >= 0.3 is 0 Å². The van der Waals surface area contributed by atoms with E-state index in [0.717, 1.165) is 0 Å². The highest BCUT2D eigenvalue weighted by Crippen LogP contribution is 2.15. The van der Waals surface area contributed by atoms with E-state index in [1.54, 1.807) is 6.07 Å². The maximum Gasteiger partial charge on any atom is 0.296 e. The standard InChI is InChI=1S/C6H7NO3S/c7-5-3-1-2-4-6(5)11(8,9)10/h1-4H,7H2,(H,8,9,10)/i/hD. The number of nitrogens with two attached hydrogens (primary N) is 1. The molecule has 11 heavy (non-hydrogen) atoms. The highest BCUT2D eigenvalue weighted by Gasteiger charge is 2.11. The molecule has 0 aliphatic carbocycles. The van der Waals surface area contributed by atoms with Crippen LogP contribution in [0.3, 0.4) is 0 Å². The first-order valence-corrected chi connectivity index (χ1v) is 4.23. The molecule has 0 radical (unpaired) electrons. The molecule has 0 unspecified atom stereocenters. The summed E-state index contributed by atoms with van der Waals surface area (Å²) in [7, 11) is -3.99. The Morgan fingerprint density at radius 3 is 2.64 bits per heavy atom. The molecule has 0 saturated heterocycles. The molecule has 0 heterocycles. The summed E-state index contributed by atoms with van der Waals surface area (Å²) < 4.78 is 31.7. The zero-order chi connectivity index (χ0) is 9.19. The van der Waals surface area contributed by atoms with Gasteiger partial charge in [-0.1, -0.05) is 12.1 Å². The maximum atomic E-state index is 10.9. The zero-order valence-electron chi connectivity index (χ0n) is 6.52. The molecule has 0 atom stereocenters. The van der Waals surface area contributed by atoms with E-state index in [4.69, 9.17) is 7.16 Å². The summed E-state index contributed by atoms with van der Waals surface area (Å²) in [6, 6.07) is 5.80. The van der Waals surface area contributed by atoms with Crippen LogP contribution in [-0.2, 0) is 10.1 Å². The molecule has 0 aliphatic heterocycles. The highest BCUT2D eigenvalue weighted by molar-refractivity contribution is 7.86. The van der Waals surface area contributed by atoms with Gasteiger partial charge in [-0.15, -0.1) is 0 Å². The topological polar surface area (TPSA) is 80.4 Å². The smallest absolute Gasteiger partial charge is 0.296 e. The third-order valence-electron chi connectivity index (χ3n) is 1.19. The lowest BCUT2D eigenvalue weighted by atomic mass is 10.3. The van der Waals surface area contributed by atoms with Gasteiger partial charge in [-0.05, 0) is 12.1 Å². The highest BCUT2D eigenvalue weighted by atomic mass is 32.2. The quantitative estimate of drug-likeness (QED) is 0.505. The van der Waals surface area contributed by atoms with E-state index in [1.165, 1.54) is 18.2 Å². The molecule has 5 heteroatoms. The van der Waals surface area contributed by atoms with Gasteiger partial charge in [-0.3, -0.25) is 4.56 Å². The fourth-order valence-electron chi connectivity index (χ4n) is 0.708. The Labute approximate surface area is 65.9 Å². The lowest BCUT2D eigenvalue weighted by molar-refractivity contribution is 0.483. The average Bonchev–Trinajstić information content (AvgIpc) is 2.05. The lowest BCUT2D eigenvalue weighted by Gasteiger charge is -1.98. The number of hydrogen-bond donors (Lipinski definition) is 2. The maximum absolute atomic E-state index is 10.9. The normalized spacial score (nSPS) is 12.5. The van der Waals surface area contributed by atoms with E-state index < -0.39 is 10.1 Å². The summed E-state index contributed by atoms with van der Waals surface area (Å²) in [5, 5.41) is 0. The minimum absolute atomic E-state index is 0.0738. The van der Waals surface area contributed by atoms with Crippen LogP contribution in [0.2, 0.25) is 0 Å². The van der Waals surface area contributed by atoms with Crippen LogP contribution in [-0.4, -0.2) is 13.0 Å². The summed E-state index contributed by atoms with van der Waals surface area (Å²) in [6.45, 7) is 0. The van der Waals surface area contributed by atoms with Crippen molar-refractivity contribution in [1.29, 1.82) is 1.43 Å². The first-order chi connectivity index (χ1) is 5.58. The van der Waals surface area contributed by atoms with Crippen molar-refractivity contribution in [2.75, 3.05) is 5.73 Å². The predicted octanol–water partition coefficient (Wildman–Crippen LogP) is 0.516. The number of benzene rings is 1. The number of anilines is 1. The molecule has 1 aromatic rings. The second-order valence-corrected chi connectivity index (χ2v) is 3.34. The molecule has 4 nitrogen and oxygen atoms in total. The molecule has 1 rings (SSSR count). The van der Waals surface area contributed by atoms with Crippen LogP contribution in [0.1, 0.15) is 0 Å². The van der Waals surface area contributed by atoms with Crippen molar-refractivity contribution >= 4 is 15.8 Å². The minimum Gasteiger partial charge on any atom is -0.398 e. The van der Waals surface area contributed by atoms with Crippen LogP contribution in [0.5, 0.6) is 0 Å². The van der Waals surface area contributed by atoms with Crippen molar-refractivity contribution in [2.24, 2.45) is 0 Å². The molecule has 0 amide bonds. The van der Waals surface area contributed by atoms with E-state index in [0.29, 0.717) is 0 Å². The summed E-state index contributed by atoms with van der Waals surface area (Å²) in [6.07, 6.45) is 0. The van der Waals surface area contributed by atoms with Gasteiger partial charge in [0.2, 0.25) is 1.43 Å². The Morgan fingerprint density at radius 1 is 1.45 bits per heavy atom. The molecule has 3 N–H and O–H groups in total. The molecule has 0 saturated carbocycles. The number of para-hydroxylation sites is 1. The van der Waals surface area contributed by atoms with Gasteiger partial charge in [-0.2, -0.15) is 8.42 Å². The molecule has 60 valence electrons. The van der Waals surface area contributed by atoms with Gasteiger partial charge in [-0.25, -0.2) is 0 Å². The third kappa shape index (κ3) is 1.69. The molecular weight excluding hydrogens is 166 g/mol. The molecule has 0 spiro atoms. The number of rotatable bonds is 2. The summed E-state index contributed by atoms with van der Waals surface area (Å²) in [5.74, 6) is 0. The SMILES string of the molecule is [2H]OS(=O)(=O)c1ccccc1N.